The van der Waals surface area contributed by atoms with Gasteiger partial charge in [-0.1, -0.05) is 24.3 Å². The summed E-state index contributed by atoms with van der Waals surface area (Å²) in [5.74, 6) is 0.614. The minimum absolute atomic E-state index is 0.235. The van der Waals surface area contributed by atoms with Crippen molar-refractivity contribution in [3.63, 3.8) is 0 Å². The molecule has 2 heteroatoms. The maximum Gasteiger partial charge on any atom is 0.127 e. The summed E-state index contributed by atoms with van der Waals surface area (Å²) in [5, 5.41) is 0. The van der Waals surface area contributed by atoms with Crippen molar-refractivity contribution in [2.45, 2.75) is 18.8 Å². The molecule has 1 unspecified atom stereocenters. The zero-order valence-electron chi connectivity index (χ0n) is 10.9. The van der Waals surface area contributed by atoms with Crippen LogP contribution in [-0.4, -0.2) is 7.11 Å². The minimum atomic E-state index is -0.235. The van der Waals surface area contributed by atoms with E-state index in [0.717, 1.165) is 18.4 Å². The van der Waals surface area contributed by atoms with Crippen LogP contribution in [0.3, 0.4) is 0 Å². The van der Waals surface area contributed by atoms with Crippen LogP contribution in [0, 0.1) is 12.2 Å². The normalized spacial score (nSPS) is 17.9. The molecule has 0 amide bonds. The first-order valence-corrected chi connectivity index (χ1v) is 6.51. The van der Waals surface area contributed by atoms with Crippen LogP contribution in [-0.2, 0) is 12.8 Å². The van der Waals surface area contributed by atoms with Gasteiger partial charge in [-0.15, -0.1) is 0 Å². The lowest BCUT2D eigenvalue weighted by molar-refractivity contribution is 0.410. The number of hydrogen-bond donors (Lipinski definition) is 0. The molecule has 2 aromatic carbocycles. The Kier molecular flexibility index (Phi) is 3.24. The van der Waals surface area contributed by atoms with E-state index in [2.05, 4.69) is 30.7 Å². The lowest BCUT2D eigenvalue weighted by Gasteiger charge is -2.25. The molecule has 1 aliphatic carbocycles. The second-order valence-corrected chi connectivity index (χ2v) is 4.94. The zero-order valence-corrected chi connectivity index (χ0v) is 10.9. The van der Waals surface area contributed by atoms with Gasteiger partial charge in [0, 0.05) is 6.07 Å². The Labute approximate surface area is 113 Å². The van der Waals surface area contributed by atoms with Crippen molar-refractivity contribution < 1.29 is 9.13 Å². The second kappa shape index (κ2) is 5.04. The molecule has 0 N–H and O–H groups in total. The first-order valence-electron chi connectivity index (χ1n) is 6.51. The van der Waals surface area contributed by atoms with Gasteiger partial charge in [0.05, 0.1) is 7.11 Å². The van der Waals surface area contributed by atoms with Gasteiger partial charge in [-0.05, 0) is 54.0 Å². The van der Waals surface area contributed by atoms with Crippen molar-refractivity contribution in [2.75, 3.05) is 7.11 Å². The largest absolute Gasteiger partial charge is 0.497 e. The fraction of sp³-hybridized carbons (Fsp3) is 0.235. The highest BCUT2D eigenvalue weighted by Crippen LogP contribution is 2.33. The lowest BCUT2D eigenvalue weighted by Crippen LogP contribution is -2.13. The predicted molar refractivity (Wildman–Crippen MR) is 73.8 cm³/mol. The molecule has 0 bridgehead atoms. The molecule has 97 valence electrons. The smallest absolute Gasteiger partial charge is 0.127 e. The molecule has 0 spiro atoms. The average Bonchev–Trinajstić information content (AvgIpc) is 2.46. The summed E-state index contributed by atoms with van der Waals surface area (Å²) in [5.41, 5.74) is 3.73. The molecule has 0 saturated heterocycles. The van der Waals surface area contributed by atoms with E-state index in [4.69, 9.17) is 4.74 Å². The van der Waals surface area contributed by atoms with E-state index in [0.29, 0.717) is 5.75 Å². The van der Waals surface area contributed by atoms with Gasteiger partial charge >= 0.3 is 0 Å². The molecular weight excluding hydrogens is 239 g/mol. The highest BCUT2D eigenvalue weighted by molar-refractivity contribution is 5.39. The van der Waals surface area contributed by atoms with E-state index in [1.54, 1.807) is 13.2 Å². The molecule has 1 radical (unpaired) electrons. The predicted octanol–water partition coefficient (Wildman–Crippen LogP) is 3.92. The fourth-order valence-electron chi connectivity index (χ4n) is 2.72. The summed E-state index contributed by atoms with van der Waals surface area (Å²) in [6, 6.07) is 13.4. The van der Waals surface area contributed by atoms with Crippen molar-refractivity contribution in [2.24, 2.45) is 0 Å². The van der Waals surface area contributed by atoms with Crippen LogP contribution in [0.1, 0.15) is 22.6 Å². The van der Waals surface area contributed by atoms with Crippen molar-refractivity contribution in [3.05, 3.63) is 71.4 Å². The summed E-state index contributed by atoms with van der Waals surface area (Å²) in [7, 11) is 1.57. The number of methoxy groups -OCH3 is 1. The van der Waals surface area contributed by atoms with Gasteiger partial charge in [-0.3, -0.25) is 0 Å². The number of halogens is 1. The third kappa shape index (κ3) is 2.48. The Bertz CT molecular complexity index is 592. The third-order valence-electron chi connectivity index (χ3n) is 3.74. The van der Waals surface area contributed by atoms with Crippen LogP contribution in [0.25, 0.3) is 0 Å². The van der Waals surface area contributed by atoms with E-state index < -0.39 is 0 Å². The first-order chi connectivity index (χ1) is 9.26. The van der Waals surface area contributed by atoms with E-state index in [1.165, 1.54) is 17.2 Å². The number of fused-ring (bicyclic) bond motifs is 1. The Morgan fingerprint density at radius 1 is 1.11 bits per heavy atom. The quantitative estimate of drug-likeness (QED) is 0.790. The second-order valence-electron chi connectivity index (χ2n) is 4.94. The molecule has 1 aliphatic rings. The lowest BCUT2D eigenvalue weighted by atomic mass is 9.80. The molecule has 1 nitrogen and oxygen atoms in total. The number of benzene rings is 2. The Morgan fingerprint density at radius 3 is 2.68 bits per heavy atom. The number of ether oxygens (including phenoxy) is 1. The molecule has 0 aromatic heterocycles. The molecule has 0 heterocycles. The first kappa shape index (κ1) is 12.2. The van der Waals surface area contributed by atoms with Crippen molar-refractivity contribution in [3.8, 4) is 5.75 Å². The summed E-state index contributed by atoms with van der Waals surface area (Å²) in [6.45, 7) is 0. The van der Waals surface area contributed by atoms with Gasteiger partial charge in [0.2, 0.25) is 0 Å². The number of hydrogen-bond acceptors (Lipinski definition) is 1. The van der Waals surface area contributed by atoms with Gasteiger partial charge in [0.25, 0.3) is 0 Å². The van der Waals surface area contributed by atoms with Crippen molar-refractivity contribution in [1.29, 1.82) is 0 Å². The van der Waals surface area contributed by atoms with Gasteiger partial charge in [0.15, 0.2) is 0 Å². The monoisotopic (exact) mass is 255 g/mol. The maximum absolute atomic E-state index is 13.6. The van der Waals surface area contributed by atoms with Gasteiger partial charge < -0.3 is 4.74 Å². The zero-order chi connectivity index (χ0) is 13.2. The molecule has 0 fully saturated rings. The van der Waals surface area contributed by atoms with Gasteiger partial charge in [-0.2, -0.15) is 0 Å². The van der Waals surface area contributed by atoms with Crippen LogP contribution < -0.4 is 4.74 Å². The van der Waals surface area contributed by atoms with Crippen LogP contribution in [0.2, 0.25) is 0 Å². The van der Waals surface area contributed by atoms with Crippen LogP contribution in [0.15, 0.2) is 42.5 Å². The SMILES string of the molecule is COc1cc(F)cc(C2[CH]Cc3ccccc3C2)c1. The Balaban J connectivity index is 1.90. The van der Waals surface area contributed by atoms with Gasteiger partial charge in [-0.25, -0.2) is 4.39 Å². The van der Waals surface area contributed by atoms with Crippen LogP contribution in [0.5, 0.6) is 5.75 Å². The Hall–Kier alpha value is -1.83. The summed E-state index contributed by atoms with van der Waals surface area (Å²) in [4.78, 5) is 0. The van der Waals surface area contributed by atoms with E-state index in [9.17, 15) is 4.39 Å². The molecule has 19 heavy (non-hydrogen) atoms. The molecule has 0 saturated carbocycles. The molecule has 1 atom stereocenters. The molecule has 3 rings (SSSR count). The fourth-order valence-corrected chi connectivity index (χ4v) is 2.72. The minimum Gasteiger partial charge on any atom is -0.497 e. The highest BCUT2D eigenvalue weighted by atomic mass is 19.1. The van der Waals surface area contributed by atoms with Crippen molar-refractivity contribution in [1.82, 2.24) is 0 Å². The standard InChI is InChI=1S/C17H16FO/c1-19-17-10-15(9-16(18)11-17)14-7-6-12-4-2-3-5-13(12)8-14/h2-5,7,9-11,14H,6,8H2,1H3. The van der Waals surface area contributed by atoms with Crippen molar-refractivity contribution >= 4 is 0 Å². The molecule has 2 aromatic rings. The van der Waals surface area contributed by atoms with E-state index in [1.807, 2.05) is 6.07 Å². The van der Waals surface area contributed by atoms with Gasteiger partial charge in [0.1, 0.15) is 11.6 Å². The summed E-state index contributed by atoms with van der Waals surface area (Å²) in [6.07, 6.45) is 4.14. The topological polar surface area (TPSA) is 9.23 Å². The number of rotatable bonds is 2. The van der Waals surface area contributed by atoms with E-state index in [-0.39, 0.29) is 11.7 Å². The summed E-state index contributed by atoms with van der Waals surface area (Å²) < 4.78 is 18.7. The average molecular weight is 255 g/mol. The van der Waals surface area contributed by atoms with Crippen LogP contribution >= 0.6 is 0 Å². The molecular formula is C17H16FO. The Morgan fingerprint density at radius 2 is 1.89 bits per heavy atom. The molecule has 0 aliphatic heterocycles. The highest BCUT2D eigenvalue weighted by Gasteiger charge is 2.21. The summed E-state index contributed by atoms with van der Waals surface area (Å²) >= 11 is 0. The third-order valence-corrected chi connectivity index (χ3v) is 3.74. The van der Waals surface area contributed by atoms with E-state index >= 15 is 0 Å². The maximum atomic E-state index is 13.6. The van der Waals surface area contributed by atoms with Crippen LogP contribution in [0.4, 0.5) is 4.39 Å².